The third-order valence-corrected chi connectivity index (χ3v) is 6.16. The smallest absolute Gasteiger partial charge is 0.220 e. The molecule has 0 radical (unpaired) electrons. The zero-order valence-corrected chi connectivity index (χ0v) is 19.0. The Morgan fingerprint density at radius 2 is 1.94 bits per heavy atom. The number of carbonyl (C=O) groups excluding carboxylic acids is 1. The van der Waals surface area contributed by atoms with Crippen LogP contribution in [0, 0.1) is 0 Å². The number of rotatable bonds is 9. The van der Waals surface area contributed by atoms with Crippen LogP contribution in [0.15, 0.2) is 59.1 Å². The van der Waals surface area contributed by atoms with Gasteiger partial charge in [-0.05, 0) is 44.1 Å². The van der Waals surface area contributed by atoms with Gasteiger partial charge < -0.3 is 14.5 Å². The predicted octanol–water partition coefficient (Wildman–Crippen LogP) is 4.89. The second kappa shape index (κ2) is 10.7. The van der Waals surface area contributed by atoms with E-state index in [-0.39, 0.29) is 11.9 Å². The number of oxazole rings is 1. The molecule has 0 bridgehead atoms. The summed E-state index contributed by atoms with van der Waals surface area (Å²) < 4.78 is 11.4. The van der Waals surface area contributed by atoms with Crippen LogP contribution in [0.3, 0.4) is 0 Å². The molecule has 1 N–H and O–H groups in total. The van der Waals surface area contributed by atoms with Gasteiger partial charge in [-0.3, -0.25) is 9.69 Å². The lowest BCUT2D eigenvalue weighted by molar-refractivity contribution is -0.121. The second-order valence-corrected chi connectivity index (χ2v) is 8.31. The fourth-order valence-corrected chi connectivity index (χ4v) is 4.39. The second-order valence-electron chi connectivity index (χ2n) is 7.90. The van der Waals surface area contributed by atoms with Gasteiger partial charge in [0.15, 0.2) is 11.7 Å². The normalized spacial score (nSPS) is 14.9. The molecule has 1 atom stereocenters. The number of para-hydroxylation sites is 1. The van der Waals surface area contributed by atoms with Gasteiger partial charge in [-0.25, -0.2) is 4.98 Å². The summed E-state index contributed by atoms with van der Waals surface area (Å²) in [5, 5.41) is 3.71. The number of carbonyl (C=O) groups is 1. The van der Waals surface area contributed by atoms with Crippen molar-refractivity contribution in [3.8, 4) is 17.1 Å². The highest BCUT2D eigenvalue weighted by molar-refractivity contribution is 6.33. The highest BCUT2D eigenvalue weighted by Crippen LogP contribution is 2.31. The molecule has 32 heavy (non-hydrogen) atoms. The van der Waals surface area contributed by atoms with E-state index in [1.165, 1.54) is 12.8 Å². The van der Waals surface area contributed by atoms with Gasteiger partial charge >= 0.3 is 0 Å². The molecule has 2 aromatic carbocycles. The molecule has 6 nitrogen and oxygen atoms in total. The average molecular weight is 454 g/mol. The van der Waals surface area contributed by atoms with Crippen LogP contribution in [-0.2, 0) is 11.2 Å². The highest BCUT2D eigenvalue weighted by atomic mass is 35.5. The Bertz CT molecular complexity index is 1050. The Morgan fingerprint density at radius 1 is 1.19 bits per heavy atom. The number of hydrogen-bond donors (Lipinski definition) is 1. The summed E-state index contributed by atoms with van der Waals surface area (Å²) in [4.78, 5) is 19.3. The van der Waals surface area contributed by atoms with Gasteiger partial charge in [0.2, 0.25) is 5.91 Å². The van der Waals surface area contributed by atoms with Crippen molar-refractivity contribution in [2.24, 2.45) is 0 Å². The number of likely N-dealkylation sites (tertiary alicyclic amines) is 1. The highest BCUT2D eigenvalue weighted by Gasteiger charge is 2.26. The molecular weight excluding hydrogens is 426 g/mol. The van der Waals surface area contributed by atoms with E-state index in [1.54, 1.807) is 13.3 Å². The van der Waals surface area contributed by atoms with Crippen LogP contribution in [0.4, 0.5) is 0 Å². The molecule has 1 unspecified atom stereocenters. The number of nitrogens with zero attached hydrogens (tertiary/aromatic N) is 2. The summed E-state index contributed by atoms with van der Waals surface area (Å²) >= 11 is 6.23. The molecule has 7 heteroatoms. The number of halogens is 1. The topological polar surface area (TPSA) is 67.6 Å². The van der Waals surface area contributed by atoms with Crippen molar-refractivity contribution < 1.29 is 13.9 Å². The van der Waals surface area contributed by atoms with Gasteiger partial charge in [-0.2, -0.15) is 0 Å². The summed E-state index contributed by atoms with van der Waals surface area (Å²) in [6, 6.07) is 15.6. The van der Waals surface area contributed by atoms with Gasteiger partial charge in [0.05, 0.1) is 24.4 Å². The number of aromatic nitrogens is 1. The number of aryl methyl sites for hydroxylation is 1. The van der Waals surface area contributed by atoms with E-state index in [4.69, 9.17) is 20.8 Å². The SMILES string of the molecule is COc1ccccc1C(CNC(=O)CCc1ncc(-c2ccccc2Cl)o1)N1CCCC1. The van der Waals surface area contributed by atoms with E-state index in [0.29, 0.717) is 36.1 Å². The number of hydrogen-bond acceptors (Lipinski definition) is 5. The minimum Gasteiger partial charge on any atom is -0.496 e. The predicted molar refractivity (Wildman–Crippen MR) is 125 cm³/mol. The fraction of sp³-hybridized carbons (Fsp3) is 0.360. The first-order chi connectivity index (χ1) is 15.7. The van der Waals surface area contributed by atoms with Gasteiger partial charge in [0.25, 0.3) is 0 Å². The molecule has 2 heterocycles. The van der Waals surface area contributed by atoms with Crippen LogP contribution in [0.25, 0.3) is 11.3 Å². The molecule has 1 aromatic heterocycles. The Kier molecular flexibility index (Phi) is 7.45. The van der Waals surface area contributed by atoms with E-state index < -0.39 is 0 Å². The van der Waals surface area contributed by atoms with Gasteiger partial charge in [0.1, 0.15) is 5.75 Å². The minimum atomic E-state index is -0.0263. The molecule has 1 amide bonds. The summed E-state index contributed by atoms with van der Waals surface area (Å²) in [6.45, 7) is 2.59. The van der Waals surface area contributed by atoms with Crippen LogP contribution in [-0.4, -0.2) is 42.5 Å². The Labute approximate surface area is 193 Å². The minimum absolute atomic E-state index is 0.0263. The van der Waals surface area contributed by atoms with Gasteiger partial charge in [-0.15, -0.1) is 0 Å². The third kappa shape index (κ3) is 5.31. The summed E-state index contributed by atoms with van der Waals surface area (Å²) in [5.41, 5.74) is 1.90. The lowest BCUT2D eigenvalue weighted by Crippen LogP contribution is -2.37. The van der Waals surface area contributed by atoms with E-state index in [1.807, 2.05) is 42.5 Å². The molecular formula is C25H28ClN3O3. The molecule has 1 aliphatic rings. The molecule has 0 spiro atoms. The number of amides is 1. The molecule has 1 saturated heterocycles. The van der Waals surface area contributed by atoms with E-state index in [0.717, 1.165) is 30.0 Å². The first-order valence-corrected chi connectivity index (χ1v) is 11.4. The summed E-state index contributed by atoms with van der Waals surface area (Å²) in [6.07, 6.45) is 4.75. The Balaban J connectivity index is 1.35. The molecule has 0 aliphatic carbocycles. The number of methoxy groups -OCH3 is 1. The van der Waals surface area contributed by atoms with Crippen molar-refractivity contribution in [1.29, 1.82) is 0 Å². The van der Waals surface area contributed by atoms with Crippen molar-refractivity contribution in [1.82, 2.24) is 15.2 Å². The maximum Gasteiger partial charge on any atom is 0.220 e. The van der Waals surface area contributed by atoms with Gasteiger partial charge in [0, 0.05) is 30.5 Å². The number of ether oxygens (including phenoxy) is 1. The van der Waals surface area contributed by atoms with Crippen molar-refractivity contribution in [2.45, 2.75) is 31.7 Å². The Morgan fingerprint density at radius 3 is 2.72 bits per heavy atom. The number of benzene rings is 2. The first kappa shape index (κ1) is 22.4. The number of nitrogens with one attached hydrogen (secondary N) is 1. The maximum absolute atomic E-state index is 12.6. The Hall–Kier alpha value is -2.83. The largest absolute Gasteiger partial charge is 0.496 e. The monoisotopic (exact) mass is 453 g/mol. The standard InChI is InChI=1S/C25H28ClN3O3/c1-31-22-11-5-3-9-19(22)21(29-14-6-7-15-29)16-27-24(30)12-13-25-28-17-23(32-25)18-8-2-4-10-20(18)26/h2-5,8-11,17,21H,6-7,12-16H2,1H3,(H,27,30). The van der Waals surface area contributed by atoms with E-state index in [9.17, 15) is 4.79 Å². The van der Waals surface area contributed by atoms with E-state index >= 15 is 0 Å². The van der Waals surface area contributed by atoms with Crippen LogP contribution >= 0.6 is 11.6 Å². The lowest BCUT2D eigenvalue weighted by atomic mass is 10.0. The van der Waals surface area contributed by atoms with Gasteiger partial charge in [-0.1, -0.05) is 41.9 Å². The van der Waals surface area contributed by atoms with Crippen LogP contribution in [0.5, 0.6) is 5.75 Å². The van der Waals surface area contributed by atoms with Crippen molar-refractivity contribution in [3.05, 3.63) is 71.2 Å². The van der Waals surface area contributed by atoms with Crippen LogP contribution in [0.1, 0.15) is 36.8 Å². The molecule has 168 valence electrons. The first-order valence-electron chi connectivity index (χ1n) is 11.0. The summed E-state index contributed by atoms with van der Waals surface area (Å²) in [7, 11) is 1.69. The summed E-state index contributed by atoms with van der Waals surface area (Å²) in [5.74, 6) is 1.96. The average Bonchev–Trinajstić information content (AvgIpc) is 3.51. The molecule has 4 rings (SSSR count). The quantitative estimate of drug-likeness (QED) is 0.499. The van der Waals surface area contributed by atoms with Crippen LogP contribution < -0.4 is 10.1 Å². The fourth-order valence-electron chi connectivity index (χ4n) is 4.16. The lowest BCUT2D eigenvalue weighted by Gasteiger charge is -2.29. The molecule has 1 fully saturated rings. The van der Waals surface area contributed by atoms with Crippen LogP contribution in [0.2, 0.25) is 5.02 Å². The maximum atomic E-state index is 12.6. The van der Waals surface area contributed by atoms with Crippen molar-refractivity contribution >= 4 is 17.5 Å². The van der Waals surface area contributed by atoms with E-state index in [2.05, 4.69) is 21.3 Å². The zero-order chi connectivity index (χ0) is 22.3. The third-order valence-electron chi connectivity index (χ3n) is 5.83. The van der Waals surface area contributed by atoms with Crippen molar-refractivity contribution in [3.63, 3.8) is 0 Å². The van der Waals surface area contributed by atoms with Crippen molar-refractivity contribution in [2.75, 3.05) is 26.7 Å². The molecule has 1 aliphatic heterocycles. The molecule has 3 aromatic rings. The zero-order valence-electron chi connectivity index (χ0n) is 18.2. The molecule has 0 saturated carbocycles.